The molecular weight excluding hydrogens is 222 g/mol. The maximum Gasteiger partial charge on any atom is 0.220 e. The van der Waals surface area contributed by atoms with Gasteiger partial charge in [0.2, 0.25) is 5.91 Å². The second-order valence-corrected chi connectivity index (χ2v) is 4.02. The van der Waals surface area contributed by atoms with E-state index in [9.17, 15) is 4.79 Å². The molecule has 2 atom stereocenters. The van der Waals surface area contributed by atoms with E-state index in [1.165, 1.54) is 0 Å². The monoisotopic (exact) mass is 245 g/mol. The van der Waals surface area contributed by atoms with Crippen LogP contribution in [-0.2, 0) is 9.53 Å². The number of nitrogens with one attached hydrogen (secondary N) is 1. The van der Waals surface area contributed by atoms with E-state index in [0.717, 1.165) is 6.42 Å². The zero-order chi connectivity index (χ0) is 13.3. The van der Waals surface area contributed by atoms with E-state index in [4.69, 9.17) is 15.7 Å². The van der Waals surface area contributed by atoms with Crippen LogP contribution >= 0.6 is 0 Å². The van der Waals surface area contributed by atoms with Crippen molar-refractivity contribution in [3.8, 4) is 0 Å². The maximum absolute atomic E-state index is 11.6. The summed E-state index contributed by atoms with van der Waals surface area (Å²) in [6.45, 7) is 3.87. The lowest BCUT2D eigenvalue weighted by Gasteiger charge is -2.17. The molecule has 6 nitrogen and oxygen atoms in total. The van der Waals surface area contributed by atoms with Crippen LogP contribution in [0.25, 0.3) is 0 Å². The van der Waals surface area contributed by atoms with Gasteiger partial charge in [-0.3, -0.25) is 4.79 Å². The molecule has 6 heteroatoms. The Hall–Kier alpha value is -1.30. The highest BCUT2D eigenvalue weighted by Crippen LogP contribution is 2.02. The third-order valence-corrected chi connectivity index (χ3v) is 2.57. The van der Waals surface area contributed by atoms with E-state index in [0.29, 0.717) is 19.3 Å². The molecule has 0 saturated carbocycles. The van der Waals surface area contributed by atoms with Gasteiger partial charge in [0.1, 0.15) is 0 Å². The summed E-state index contributed by atoms with van der Waals surface area (Å²) in [7, 11) is 1.61. The number of methoxy groups -OCH3 is 1. The molecule has 0 aliphatic rings. The van der Waals surface area contributed by atoms with Crippen molar-refractivity contribution in [3.05, 3.63) is 0 Å². The molecule has 0 spiro atoms. The molecule has 0 aliphatic heterocycles. The van der Waals surface area contributed by atoms with Crippen molar-refractivity contribution in [2.24, 2.45) is 10.9 Å². The highest BCUT2D eigenvalue weighted by Gasteiger charge is 2.16. The first-order chi connectivity index (χ1) is 8.04. The Bertz CT molecular complexity index is 256. The standard InChI is InChI=1S/C11H23N3O3/c1-4-5-9(11(12)14-16)13-10(15)7-6-8(2)17-3/h8-9,16H,4-7H2,1-3H3,(H2,12,14)(H,13,15). The molecule has 0 aromatic rings. The van der Waals surface area contributed by atoms with Crippen LogP contribution in [0.1, 0.15) is 39.5 Å². The van der Waals surface area contributed by atoms with E-state index in [1.807, 2.05) is 13.8 Å². The van der Waals surface area contributed by atoms with Crippen molar-refractivity contribution in [3.63, 3.8) is 0 Å². The van der Waals surface area contributed by atoms with E-state index in [-0.39, 0.29) is 17.8 Å². The molecule has 0 bridgehead atoms. The first-order valence-corrected chi connectivity index (χ1v) is 5.84. The highest BCUT2D eigenvalue weighted by atomic mass is 16.5. The SMILES string of the molecule is CCCC(NC(=O)CCC(C)OC)C(N)=NO. The summed E-state index contributed by atoms with van der Waals surface area (Å²) in [6, 6.07) is -0.393. The van der Waals surface area contributed by atoms with Crippen LogP contribution in [0.3, 0.4) is 0 Å². The number of hydrogen-bond donors (Lipinski definition) is 3. The molecular formula is C11H23N3O3. The number of rotatable bonds is 8. The van der Waals surface area contributed by atoms with Crippen molar-refractivity contribution in [2.75, 3.05) is 7.11 Å². The molecule has 17 heavy (non-hydrogen) atoms. The van der Waals surface area contributed by atoms with Crippen molar-refractivity contribution in [1.29, 1.82) is 0 Å². The maximum atomic E-state index is 11.6. The predicted octanol–water partition coefficient (Wildman–Crippen LogP) is 0.833. The first kappa shape index (κ1) is 15.7. The highest BCUT2D eigenvalue weighted by molar-refractivity contribution is 5.89. The number of oxime groups is 1. The number of hydrogen-bond acceptors (Lipinski definition) is 4. The minimum Gasteiger partial charge on any atom is -0.409 e. The normalized spacial score (nSPS) is 15.4. The number of nitrogens with two attached hydrogens (primary N) is 1. The first-order valence-electron chi connectivity index (χ1n) is 5.84. The van der Waals surface area contributed by atoms with Gasteiger partial charge < -0.3 is 21.0 Å². The van der Waals surface area contributed by atoms with Crippen molar-refractivity contribution < 1.29 is 14.7 Å². The lowest BCUT2D eigenvalue weighted by molar-refractivity contribution is -0.122. The zero-order valence-corrected chi connectivity index (χ0v) is 10.8. The Balaban J connectivity index is 4.13. The van der Waals surface area contributed by atoms with Gasteiger partial charge in [-0.15, -0.1) is 0 Å². The number of carbonyl (C=O) groups is 1. The molecule has 2 unspecified atom stereocenters. The third-order valence-electron chi connectivity index (χ3n) is 2.57. The fourth-order valence-electron chi connectivity index (χ4n) is 1.37. The fraction of sp³-hybridized carbons (Fsp3) is 0.818. The summed E-state index contributed by atoms with van der Waals surface area (Å²) in [5.74, 6) is -0.0704. The average Bonchev–Trinajstić information content (AvgIpc) is 2.34. The Morgan fingerprint density at radius 2 is 2.18 bits per heavy atom. The van der Waals surface area contributed by atoms with Crippen molar-refractivity contribution in [2.45, 2.75) is 51.7 Å². The summed E-state index contributed by atoms with van der Waals surface area (Å²) < 4.78 is 5.05. The summed E-state index contributed by atoms with van der Waals surface area (Å²) >= 11 is 0. The van der Waals surface area contributed by atoms with E-state index in [1.54, 1.807) is 7.11 Å². The van der Waals surface area contributed by atoms with Crippen LogP contribution in [0.4, 0.5) is 0 Å². The van der Waals surface area contributed by atoms with Gasteiger partial charge in [0.15, 0.2) is 5.84 Å². The van der Waals surface area contributed by atoms with Crippen LogP contribution in [0.15, 0.2) is 5.16 Å². The number of ether oxygens (including phenoxy) is 1. The van der Waals surface area contributed by atoms with Gasteiger partial charge >= 0.3 is 0 Å². The van der Waals surface area contributed by atoms with Crippen molar-refractivity contribution >= 4 is 11.7 Å². The molecule has 0 rings (SSSR count). The van der Waals surface area contributed by atoms with Crippen LogP contribution in [0.5, 0.6) is 0 Å². The third kappa shape index (κ3) is 6.78. The minimum absolute atomic E-state index is 0.0417. The number of amides is 1. The Labute approximate surface area is 102 Å². The summed E-state index contributed by atoms with van der Waals surface area (Å²) in [5.41, 5.74) is 5.49. The number of carbonyl (C=O) groups excluding carboxylic acids is 1. The quantitative estimate of drug-likeness (QED) is 0.255. The average molecular weight is 245 g/mol. The topological polar surface area (TPSA) is 96.9 Å². The molecule has 0 radical (unpaired) electrons. The van der Waals surface area contributed by atoms with E-state index >= 15 is 0 Å². The molecule has 0 aromatic heterocycles. The van der Waals surface area contributed by atoms with Gasteiger partial charge in [-0.05, 0) is 19.8 Å². The van der Waals surface area contributed by atoms with Crippen LogP contribution in [0, 0.1) is 0 Å². The van der Waals surface area contributed by atoms with Gasteiger partial charge in [0, 0.05) is 13.5 Å². The molecule has 0 saturated heterocycles. The smallest absolute Gasteiger partial charge is 0.220 e. The lowest BCUT2D eigenvalue weighted by atomic mass is 10.1. The summed E-state index contributed by atoms with van der Waals surface area (Å²) in [5, 5.41) is 14.3. The van der Waals surface area contributed by atoms with Gasteiger partial charge in [-0.2, -0.15) is 0 Å². The molecule has 0 heterocycles. The lowest BCUT2D eigenvalue weighted by Crippen LogP contribution is -2.44. The second kappa shape index (κ2) is 8.81. The molecule has 4 N–H and O–H groups in total. The molecule has 0 aromatic carbocycles. The Kier molecular flexibility index (Phi) is 8.13. The fourth-order valence-corrected chi connectivity index (χ4v) is 1.37. The van der Waals surface area contributed by atoms with Crippen molar-refractivity contribution in [1.82, 2.24) is 5.32 Å². The minimum atomic E-state index is -0.393. The second-order valence-electron chi connectivity index (χ2n) is 4.02. The number of amidine groups is 1. The summed E-state index contributed by atoms with van der Waals surface area (Å²) in [4.78, 5) is 11.6. The van der Waals surface area contributed by atoms with E-state index < -0.39 is 6.04 Å². The summed E-state index contributed by atoms with van der Waals surface area (Å²) in [6.07, 6.45) is 2.57. The van der Waals surface area contributed by atoms with Crippen LogP contribution < -0.4 is 11.1 Å². The molecule has 0 fully saturated rings. The molecule has 1 amide bonds. The predicted molar refractivity (Wildman–Crippen MR) is 66.0 cm³/mol. The van der Waals surface area contributed by atoms with Gasteiger partial charge in [0.05, 0.1) is 12.1 Å². The Morgan fingerprint density at radius 3 is 2.65 bits per heavy atom. The van der Waals surface area contributed by atoms with Gasteiger partial charge in [-0.1, -0.05) is 18.5 Å². The largest absolute Gasteiger partial charge is 0.409 e. The van der Waals surface area contributed by atoms with Gasteiger partial charge in [0.25, 0.3) is 0 Å². The molecule has 100 valence electrons. The van der Waals surface area contributed by atoms with E-state index in [2.05, 4.69) is 10.5 Å². The van der Waals surface area contributed by atoms with Crippen LogP contribution in [-0.4, -0.2) is 36.2 Å². The molecule has 0 aliphatic carbocycles. The zero-order valence-electron chi connectivity index (χ0n) is 10.8. The van der Waals surface area contributed by atoms with Gasteiger partial charge in [-0.25, -0.2) is 0 Å². The Morgan fingerprint density at radius 1 is 1.53 bits per heavy atom. The van der Waals surface area contributed by atoms with Crippen LogP contribution in [0.2, 0.25) is 0 Å². The number of nitrogens with zero attached hydrogens (tertiary/aromatic N) is 1.